The normalized spacial score (nSPS) is 17.9. The maximum atomic E-state index is 5.55. The van der Waals surface area contributed by atoms with Crippen LogP contribution in [0.2, 0.25) is 0 Å². The van der Waals surface area contributed by atoms with Crippen molar-refractivity contribution in [1.29, 1.82) is 0 Å². The van der Waals surface area contributed by atoms with Gasteiger partial charge in [-0.3, -0.25) is 0 Å². The molecule has 1 unspecified atom stereocenters. The Bertz CT molecular complexity index is 424. The molecule has 0 amide bonds. The van der Waals surface area contributed by atoms with E-state index in [4.69, 9.17) is 4.74 Å². The van der Waals surface area contributed by atoms with Crippen molar-refractivity contribution in [2.45, 2.75) is 58.9 Å². The molecule has 1 fully saturated rings. The van der Waals surface area contributed by atoms with Crippen LogP contribution in [0, 0.1) is 5.92 Å². The number of ether oxygens (including phenoxy) is 1. The molecule has 1 aromatic rings. The Hall–Kier alpha value is -0.860. The van der Waals surface area contributed by atoms with Crippen molar-refractivity contribution in [2.75, 3.05) is 20.3 Å². The van der Waals surface area contributed by atoms with E-state index >= 15 is 0 Å². The molecule has 2 heteroatoms. The molecule has 21 heavy (non-hydrogen) atoms. The lowest BCUT2D eigenvalue weighted by Crippen LogP contribution is -2.31. The first kappa shape index (κ1) is 16.5. The molecule has 0 saturated carbocycles. The van der Waals surface area contributed by atoms with Crippen LogP contribution in [0.3, 0.4) is 0 Å². The average Bonchev–Trinajstić information content (AvgIpc) is 2.56. The predicted molar refractivity (Wildman–Crippen MR) is 89.9 cm³/mol. The second-order valence-electron chi connectivity index (χ2n) is 6.10. The number of benzene rings is 1. The van der Waals surface area contributed by atoms with Crippen LogP contribution in [0.15, 0.2) is 12.1 Å². The highest BCUT2D eigenvalue weighted by molar-refractivity contribution is 5.42. The second kappa shape index (κ2) is 7.95. The largest absolute Gasteiger partial charge is 0.381 e. The molecule has 1 saturated heterocycles. The lowest BCUT2D eigenvalue weighted by Gasteiger charge is -2.33. The number of nitrogens with one attached hydrogen (secondary N) is 1. The predicted octanol–water partition coefficient (Wildman–Crippen LogP) is 4.06. The molecule has 2 rings (SSSR count). The van der Waals surface area contributed by atoms with Crippen LogP contribution in [0.5, 0.6) is 0 Å². The Morgan fingerprint density at radius 2 is 1.62 bits per heavy atom. The molecule has 1 aromatic carbocycles. The number of hydrogen-bond acceptors (Lipinski definition) is 2. The zero-order valence-corrected chi connectivity index (χ0v) is 14.2. The highest BCUT2D eigenvalue weighted by Crippen LogP contribution is 2.35. The third-order valence-corrected chi connectivity index (χ3v) is 4.94. The first-order valence-corrected chi connectivity index (χ1v) is 8.64. The van der Waals surface area contributed by atoms with E-state index < -0.39 is 0 Å². The van der Waals surface area contributed by atoms with E-state index in [2.05, 4.69) is 45.3 Å². The average molecular weight is 289 g/mol. The monoisotopic (exact) mass is 289 g/mol. The van der Waals surface area contributed by atoms with Crippen molar-refractivity contribution < 1.29 is 4.74 Å². The van der Waals surface area contributed by atoms with Gasteiger partial charge in [0.15, 0.2) is 0 Å². The minimum Gasteiger partial charge on any atom is -0.381 e. The Kier molecular flexibility index (Phi) is 6.25. The number of aryl methyl sites for hydroxylation is 3. The van der Waals surface area contributed by atoms with Crippen molar-refractivity contribution in [3.05, 3.63) is 34.4 Å². The second-order valence-corrected chi connectivity index (χ2v) is 6.10. The van der Waals surface area contributed by atoms with Gasteiger partial charge >= 0.3 is 0 Å². The van der Waals surface area contributed by atoms with E-state index in [9.17, 15) is 0 Å². The molecule has 0 aliphatic carbocycles. The van der Waals surface area contributed by atoms with E-state index in [-0.39, 0.29) is 0 Å². The summed E-state index contributed by atoms with van der Waals surface area (Å²) < 4.78 is 5.55. The smallest absolute Gasteiger partial charge is 0.0469 e. The van der Waals surface area contributed by atoms with Crippen LogP contribution >= 0.6 is 0 Å². The third kappa shape index (κ3) is 3.67. The van der Waals surface area contributed by atoms with Gasteiger partial charge in [-0.15, -0.1) is 0 Å². The topological polar surface area (TPSA) is 21.3 Å². The zero-order chi connectivity index (χ0) is 15.2. The molecule has 0 spiro atoms. The molecule has 1 aliphatic heterocycles. The van der Waals surface area contributed by atoms with Crippen LogP contribution < -0.4 is 5.32 Å². The molecule has 1 aliphatic rings. The molecule has 1 atom stereocenters. The summed E-state index contributed by atoms with van der Waals surface area (Å²) in [6.07, 6.45) is 5.72. The van der Waals surface area contributed by atoms with E-state index in [0.29, 0.717) is 12.0 Å². The molecular formula is C19H31NO. The maximum Gasteiger partial charge on any atom is 0.0469 e. The highest BCUT2D eigenvalue weighted by Gasteiger charge is 2.27. The van der Waals surface area contributed by atoms with Gasteiger partial charge in [0, 0.05) is 19.3 Å². The van der Waals surface area contributed by atoms with Crippen molar-refractivity contribution in [1.82, 2.24) is 5.32 Å². The number of rotatable bonds is 6. The summed E-state index contributed by atoms with van der Waals surface area (Å²) in [5.41, 5.74) is 6.13. The quantitative estimate of drug-likeness (QED) is 0.852. The van der Waals surface area contributed by atoms with Gasteiger partial charge in [0.2, 0.25) is 0 Å². The van der Waals surface area contributed by atoms with Gasteiger partial charge in [-0.05, 0) is 67.3 Å². The lowest BCUT2D eigenvalue weighted by atomic mass is 9.81. The molecule has 0 radical (unpaired) electrons. The molecule has 0 aromatic heterocycles. The minimum atomic E-state index is 0.477. The van der Waals surface area contributed by atoms with Gasteiger partial charge in [0.25, 0.3) is 0 Å². The molecule has 118 valence electrons. The molecule has 1 N–H and O–H groups in total. The molecular weight excluding hydrogens is 258 g/mol. The summed E-state index contributed by atoms with van der Waals surface area (Å²) in [6.45, 7) is 8.66. The van der Waals surface area contributed by atoms with Crippen LogP contribution in [-0.2, 0) is 24.0 Å². The fourth-order valence-corrected chi connectivity index (χ4v) is 3.70. The van der Waals surface area contributed by atoms with Crippen molar-refractivity contribution in [3.63, 3.8) is 0 Å². The lowest BCUT2D eigenvalue weighted by molar-refractivity contribution is 0.0544. The van der Waals surface area contributed by atoms with Crippen LogP contribution in [0.25, 0.3) is 0 Å². The first-order valence-electron chi connectivity index (χ1n) is 8.64. The fourth-order valence-electron chi connectivity index (χ4n) is 3.70. The summed E-state index contributed by atoms with van der Waals surface area (Å²) in [5, 5.41) is 3.62. The van der Waals surface area contributed by atoms with Crippen molar-refractivity contribution >= 4 is 0 Å². The van der Waals surface area contributed by atoms with E-state index in [1.165, 1.54) is 29.5 Å². The fraction of sp³-hybridized carbons (Fsp3) is 0.684. The van der Waals surface area contributed by atoms with Crippen LogP contribution in [0.4, 0.5) is 0 Å². The van der Waals surface area contributed by atoms with Gasteiger partial charge in [0.1, 0.15) is 0 Å². The van der Waals surface area contributed by atoms with Crippen LogP contribution in [-0.4, -0.2) is 20.3 Å². The van der Waals surface area contributed by atoms with Gasteiger partial charge in [-0.25, -0.2) is 0 Å². The molecule has 2 nitrogen and oxygen atoms in total. The minimum absolute atomic E-state index is 0.477. The molecule has 1 heterocycles. The Balaban J connectivity index is 2.42. The highest BCUT2D eigenvalue weighted by atomic mass is 16.5. The molecule has 0 bridgehead atoms. The summed E-state index contributed by atoms with van der Waals surface area (Å²) in [5.74, 6) is 0.701. The zero-order valence-electron chi connectivity index (χ0n) is 14.2. The Morgan fingerprint density at radius 3 is 2.05 bits per heavy atom. The van der Waals surface area contributed by atoms with Gasteiger partial charge in [-0.2, -0.15) is 0 Å². The van der Waals surface area contributed by atoms with E-state index in [1.807, 2.05) is 0 Å². The van der Waals surface area contributed by atoms with Gasteiger partial charge in [0.05, 0.1) is 0 Å². The van der Waals surface area contributed by atoms with Gasteiger partial charge < -0.3 is 10.1 Å². The maximum absolute atomic E-state index is 5.55. The summed E-state index contributed by atoms with van der Waals surface area (Å²) in [6, 6.07) is 5.33. The van der Waals surface area contributed by atoms with E-state index in [1.54, 1.807) is 5.56 Å². The SMILES string of the molecule is CCc1cc(CC)c(C(NC)C2CCOCC2)c(CC)c1. The Morgan fingerprint density at radius 1 is 1.05 bits per heavy atom. The number of hydrogen-bond donors (Lipinski definition) is 1. The van der Waals surface area contributed by atoms with Gasteiger partial charge in [-0.1, -0.05) is 32.9 Å². The summed E-state index contributed by atoms with van der Waals surface area (Å²) in [7, 11) is 2.12. The Labute approximate surface area is 130 Å². The summed E-state index contributed by atoms with van der Waals surface area (Å²) >= 11 is 0. The third-order valence-electron chi connectivity index (χ3n) is 4.94. The van der Waals surface area contributed by atoms with Crippen molar-refractivity contribution in [2.24, 2.45) is 5.92 Å². The van der Waals surface area contributed by atoms with Crippen LogP contribution in [0.1, 0.15) is 61.9 Å². The standard InChI is InChI=1S/C19H31NO/c1-5-14-12-15(6-2)18(16(7-3)13-14)19(20-4)17-8-10-21-11-9-17/h12-13,17,19-20H,5-11H2,1-4H3. The first-order chi connectivity index (χ1) is 10.2. The summed E-state index contributed by atoms with van der Waals surface area (Å²) in [4.78, 5) is 0. The van der Waals surface area contributed by atoms with Crippen molar-refractivity contribution in [3.8, 4) is 0 Å². The van der Waals surface area contributed by atoms with E-state index in [0.717, 1.165) is 32.5 Å².